The number of aromatic nitrogens is 4. The zero-order valence-corrected chi connectivity index (χ0v) is 21.9. The molecule has 2 aliphatic rings. The maximum atomic E-state index is 13.5. The van der Waals surface area contributed by atoms with E-state index in [2.05, 4.69) is 15.1 Å². The first-order chi connectivity index (χ1) is 14.9. The molecule has 4 heterocycles. The maximum absolute atomic E-state index is 13.5. The minimum Gasteiger partial charge on any atom is -0.378 e. The summed E-state index contributed by atoms with van der Waals surface area (Å²) in [5.74, 6) is 0.0824. The van der Waals surface area contributed by atoms with E-state index in [-0.39, 0.29) is 75.9 Å². The van der Waals surface area contributed by atoms with E-state index in [0.29, 0.717) is 11.3 Å². The number of fused-ring (bicyclic) bond motifs is 3. The minimum absolute atomic E-state index is 0. The molecule has 0 N–H and O–H groups in total. The fourth-order valence-electron chi connectivity index (χ4n) is 5.10. The first-order valence-electron chi connectivity index (χ1n) is 10.5. The van der Waals surface area contributed by atoms with Gasteiger partial charge >= 0.3 is 0 Å². The Bertz CT molecular complexity index is 1130. The largest absolute Gasteiger partial charge is 0.378 e. The molecule has 0 aliphatic carbocycles. The maximum Gasteiger partial charge on any atom is 0.280 e. The quantitative estimate of drug-likeness (QED) is 0.512. The molecule has 7 nitrogen and oxygen atoms in total. The van der Waals surface area contributed by atoms with Crippen LogP contribution in [0.4, 0.5) is 14.5 Å². The summed E-state index contributed by atoms with van der Waals surface area (Å²) in [5.41, 5.74) is 2.04. The third-order valence-electron chi connectivity index (χ3n) is 6.59. The van der Waals surface area contributed by atoms with Gasteiger partial charge in [-0.25, -0.2) is 18.3 Å². The van der Waals surface area contributed by atoms with Crippen molar-refractivity contribution in [3.8, 4) is 0 Å². The molecule has 3 atom stereocenters. The van der Waals surface area contributed by atoms with Crippen LogP contribution < -0.4 is 4.90 Å². The predicted octanol–water partition coefficient (Wildman–Crippen LogP) is 4.02. The topological polar surface area (TPSA) is 66.6 Å². The number of piperidine rings is 1. The fourth-order valence-corrected chi connectivity index (χ4v) is 5.10. The number of carbonyl (C=O) groups is 1. The molecule has 0 spiro atoms. The van der Waals surface area contributed by atoms with Crippen molar-refractivity contribution in [1.29, 1.82) is 0 Å². The molecule has 0 saturated carbocycles. The summed E-state index contributed by atoms with van der Waals surface area (Å²) in [6.07, 6.45) is 2.07. The molecule has 2 aromatic heterocycles. The molecule has 2 saturated heterocycles. The molecular formula is C22H30F2N6OS3. The Hall–Kier alpha value is -2.05. The van der Waals surface area contributed by atoms with Crippen LogP contribution in [0.2, 0.25) is 0 Å². The first-order valence-corrected chi connectivity index (χ1v) is 10.5. The molecule has 1 amide bonds. The average molecular weight is 529 g/mol. The molecule has 0 radical (unpaired) electrons. The summed E-state index contributed by atoms with van der Waals surface area (Å²) in [6, 6.07) is 9.16. The van der Waals surface area contributed by atoms with Crippen molar-refractivity contribution in [2.75, 3.05) is 19.0 Å². The van der Waals surface area contributed by atoms with Crippen molar-refractivity contribution in [2.45, 2.75) is 50.1 Å². The van der Waals surface area contributed by atoms with Crippen molar-refractivity contribution < 1.29 is 13.6 Å². The summed E-state index contributed by atoms with van der Waals surface area (Å²) in [7, 11) is 3.92. The van der Waals surface area contributed by atoms with Crippen LogP contribution in [-0.2, 0) is 0 Å². The second-order valence-corrected chi connectivity index (χ2v) is 8.51. The van der Waals surface area contributed by atoms with E-state index in [4.69, 9.17) is 0 Å². The lowest BCUT2D eigenvalue weighted by atomic mass is 9.86. The lowest BCUT2D eigenvalue weighted by Gasteiger charge is -2.40. The summed E-state index contributed by atoms with van der Waals surface area (Å²) in [4.78, 5) is 25.4. The molecule has 3 aromatic rings. The zero-order valence-electron chi connectivity index (χ0n) is 18.9. The van der Waals surface area contributed by atoms with Gasteiger partial charge in [0.2, 0.25) is 0 Å². The summed E-state index contributed by atoms with van der Waals surface area (Å²) >= 11 is 0. The highest BCUT2D eigenvalue weighted by molar-refractivity contribution is 7.59. The SMILES string of the molecule is CN(C)c1ccc(C(=O)N2[C@H]3CC[C@H](c4cc(C(F)F)nc5ncnn45)[C@@H]2CC3)cc1.S.S.S. The van der Waals surface area contributed by atoms with Gasteiger partial charge < -0.3 is 9.80 Å². The first kappa shape index (κ1) is 28.2. The molecule has 2 aliphatic heterocycles. The Morgan fingerprint density at radius 2 is 1.74 bits per heavy atom. The molecule has 2 bridgehead atoms. The number of rotatable bonds is 4. The third-order valence-corrected chi connectivity index (χ3v) is 6.59. The van der Waals surface area contributed by atoms with Crippen molar-refractivity contribution in [2.24, 2.45) is 0 Å². The van der Waals surface area contributed by atoms with Crippen molar-refractivity contribution in [1.82, 2.24) is 24.5 Å². The van der Waals surface area contributed by atoms with Gasteiger partial charge in [0.15, 0.2) is 0 Å². The Labute approximate surface area is 218 Å². The monoisotopic (exact) mass is 528 g/mol. The number of amides is 1. The summed E-state index contributed by atoms with van der Waals surface area (Å²) < 4.78 is 28.5. The number of hydrogen-bond acceptors (Lipinski definition) is 5. The van der Waals surface area contributed by atoms with Crippen LogP contribution in [0.3, 0.4) is 0 Å². The lowest BCUT2D eigenvalue weighted by Crippen LogP contribution is -2.47. The van der Waals surface area contributed by atoms with Gasteiger partial charge in [-0.3, -0.25) is 4.79 Å². The van der Waals surface area contributed by atoms with E-state index in [1.54, 1.807) is 4.52 Å². The van der Waals surface area contributed by atoms with E-state index in [9.17, 15) is 13.6 Å². The molecule has 2 fully saturated rings. The number of nitrogens with zero attached hydrogens (tertiary/aromatic N) is 6. The van der Waals surface area contributed by atoms with Crippen LogP contribution >= 0.6 is 40.5 Å². The van der Waals surface area contributed by atoms with Crippen molar-refractivity contribution in [3.05, 3.63) is 53.6 Å². The molecule has 0 unspecified atom stereocenters. The van der Waals surface area contributed by atoms with Crippen molar-refractivity contribution in [3.63, 3.8) is 0 Å². The van der Waals surface area contributed by atoms with Crippen LogP contribution in [-0.4, -0.2) is 56.6 Å². The molecule has 34 heavy (non-hydrogen) atoms. The van der Waals surface area contributed by atoms with Gasteiger partial charge in [0.25, 0.3) is 18.1 Å². The minimum atomic E-state index is -2.69. The second-order valence-electron chi connectivity index (χ2n) is 8.51. The van der Waals surface area contributed by atoms with Crippen LogP contribution in [0.15, 0.2) is 36.7 Å². The Morgan fingerprint density at radius 1 is 1.06 bits per heavy atom. The summed E-state index contributed by atoms with van der Waals surface area (Å²) in [5, 5.41) is 4.22. The molecule has 5 rings (SSSR count). The zero-order chi connectivity index (χ0) is 21.7. The van der Waals surface area contributed by atoms with Gasteiger partial charge in [-0.2, -0.15) is 50.6 Å². The number of benzene rings is 1. The molecule has 1 aromatic carbocycles. The molecule has 12 heteroatoms. The van der Waals surface area contributed by atoms with Gasteiger partial charge in [0.1, 0.15) is 12.0 Å². The van der Waals surface area contributed by atoms with Gasteiger partial charge in [-0.05, 0) is 56.0 Å². The van der Waals surface area contributed by atoms with Crippen molar-refractivity contribution >= 4 is 57.9 Å². The normalized spacial score (nSPS) is 21.0. The number of carbonyl (C=O) groups excluding carboxylic acids is 1. The van der Waals surface area contributed by atoms with E-state index in [1.807, 2.05) is 48.2 Å². The lowest BCUT2D eigenvalue weighted by molar-refractivity contribution is 0.0554. The van der Waals surface area contributed by atoms with E-state index in [0.717, 1.165) is 31.4 Å². The van der Waals surface area contributed by atoms with E-state index >= 15 is 0 Å². The highest BCUT2D eigenvalue weighted by atomic mass is 32.1. The van der Waals surface area contributed by atoms with Crippen LogP contribution in [0, 0.1) is 0 Å². The average Bonchev–Trinajstić information content (AvgIpc) is 3.36. The highest BCUT2D eigenvalue weighted by Crippen LogP contribution is 2.45. The molecular weight excluding hydrogens is 498 g/mol. The van der Waals surface area contributed by atoms with E-state index < -0.39 is 6.43 Å². The predicted molar refractivity (Wildman–Crippen MR) is 143 cm³/mol. The third kappa shape index (κ3) is 4.85. The summed E-state index contributed by atoms with van der Waals surface area (Å²) in [6.45, 7) is 0. The van der Waals surface area contributed by atoms with Crippen LogP contribution in [0.1, 0.15) is 59.8 Å². The Morgan fingerprint density at radius 3 is 2.38 bits per heavy atom. The standard InChI is InChI=1S/C22H24F2N6O.3H2S/c1-28(2)14-5-3-13(4-6-14)21(31)29-15-7-9-16(18(29)10-8-15)19-11-17(20(23)24)27-22-25-12-26-30(19)22;;;/h3-6,11-12,15-16,18,20H,7-10H2,1-2H3;3*1H2/t15-,16-,18-;;;/m0.../s1. The Balaban J connectivity index is 0.00000136. The second kappa shape index (κ2) is 11.1. The highest BCUT2D eigenvalue weighted by Gasteiger charge is 2.46. The van der Waals surface area contributed by atoms with Crippen LogP contribution in [0.25, 0.3) is 5.78 Å². The Kier molecular flexibility index (Phi) is 9.23. The van der Waals surface area contributed by atoms with Gasteiger partial charge in [-0.15, -0.1) is 0 Å². The van der Waals surface area contributed by atoms with E-state index in [1.165, 1.54) is 12.4 Å². The number of anilines is 1. The molecule has 186 valence electrons. The number of halogens is 2. The van der Waals surface area contributed by atoms with Gasteiger partial charge in [0, 0.05) is 43.3 Å². The number of alkyl halides is 2. The smallest absolute Gasteiger partial charge is 0.280 e. The van der Waals surface area contributed by atoms with Gasteiger partial charge in [-0.1, -0.05) is 0 Å². The fraction of sp³-hybridized carbons (Fsp3) is 0.455. The van der Waals surface area contributed by atoms with Gasteiger partial charge in [0.05, 0.1) is 5.69 Å². The van der Waals surface area contributed by atoms with Crippen LogP contribution in [0.5, 0.6) is 0 Å². The number of hydrogen-bond donors (Lipinski definition) is 0.